The molecule has 1 N–H and O–H groups in total. The van der Waals surface area contributed by atoms with E-state index in [0.717, 1.165) is 61.4 Å². The molecule has 0 saturated carbocycles. The molecule has 0 aliphatic carbocycles. The number of imidazole rings is 1. The maximum atomic E-state index is 6.27. The van der Waals surface area contributed by atoms with E-state index >= 15 is 0 Å². The van der Waals surface area contributed by atoms with Crippen LogP contribution in [-0.4, -0.2) is 39.8 Å². The van der Waals surface area contributed by atoms with Gasteiger partial charge < -0.3 is 14.6 Å². The van der Waals surface area contributed by atoms with Gasteiger partial charge in [0.2, 0.25) is 0 Å². The first-order valence-corrected chi connectivity index (χ1v) is 9.07. The summed E-state index contributed by atoms with van der Waals surface area (Å²) in [7, 11) is 0. The van der Waals surface area contributed by atoms with Crippen molar-refractivity contribution in [2.24, 2.45) is 0 Å². The average Bonchev–Trinajstić information content (AvgIpc) is 3.29. The highest BCUT2D eigenvalue weighted by molar-refractivity contribution is 5.85. The van der Waals surface area contributed by atoms with E-state index in [0.29, 0.717) is 6.04 Å². The molecule has 1 atom stereocenters. The summed E-state index contributed by atoms with van der Waals surface area (Å²) in [6.07, 6.45) is 7.20. The summed E-state index contributed by atoms with van der Waals surface area (Å²) in [6, 6.07) is 12.7. The molecule has 4 heterocycles. The van der Waals surface area contributed by atoms with Crippen LogP contribution in [-0.2, 0) is 4.74 Å². The molecule has 5 rings (SSSR count). The zero-order valence-electron chi connectivity index (χ0n) is 14.6. The molecule has 2 aliphatic heterocycles. The Morgan fingerprint density at radius 2 is 1.96 bits per heavy atom. The number of pyridine rings is 1. The first-order valence-electron chi connectivity index (χ1n) is 9.07. The van der Waals surface area contributed by atoms with Crippen molar-refractivity contribution in [2.75, 3.05) is 19.7 Å². The van der Waals surface area contributed by atoms with Crippen molar-refractivity contribution >= 4 is 23.3 Å². The monoisotopic (exact) mass is 370 g/mol. The van der Waals surface area contributed by atoms with Crippen molar-refractivity contribution in [3.8, 4) is 11.5 Å². The fourth-order valence-electron chi connectivity index (χ4n) is 4.23. The first kappa shape index (κ1) is 17.5. The molecule has 2 aromatic heterocycles. The van der Waals surface area contributed by atoms with Crippen molar-refractivity contribution in [1.82, 2.24) is 19.9 Å². The Labute approximate surface area is 159 Å². The summed E-state index contributed by atoms with van der Waals surface area (Å²) in [5, 5.41) is 4.59. The first-order chi connectivity index (χ1) is 12.3. The van der Waals surface area contributed by atoms with Crippen molar-refractivity contribution in [2.45, 2.75) is 30.9 Å². The highest BCUT2D eigenvalue weighted by Crippen LogP contribution is 2.40. The second kappa shape index (κ2) is 6.99. The number of hydrogen-bond acceptors (Lipinski definition) is 4. The van der Waals surface area contributed by atoms with Crippen molar-refractivity contribution in [3.05, 3.63) is 48.8 Å². The number of ether oxygens (including phenoxy) is 1. The van der Waals surface area contributed by atoms with Gasteiger partial charge in [0.15, 0.2) is 5.82 Å². The van der Waals surface area contributed by atoms with Crippen LogP contribution < -0.4 is 5.32 Å². The molecule has 3 aromatic rings. The Morgan fingerprint density at radius 1 is 1.12 bits per heavy atom. The second-order valence-electron chi connectivity index (χ2n) is 7.15. The highest BCUT2D eigenvalue weighted by atomic mass is 35.5. The minimum Gasteiger partial charge on any atom is -0.373 e. The highest BCUT2D eigenvalue weighted by Gasteiger charge is 2.42. The van der Waals surface area contributed by atoms with Crippen molar-refractivity contribution < 1.29 is 4.74 Å². The Bertz CT molecular complexity index is 903. The zero-order chi connectivity index (χ0) is 16.7. The second-order valence-corrected chi connectivity index (χ2v) is 7.15. The molecular formula is C20H23ClN4O. The molecule has 2 aliphatic rings. The van der Waals surface area contributed by atoms with Gasteiger partial charge in [-0.25, -0.2) is 9.97 Å². The topological polar surface area (TPSA) is 52.0 Å². The maximum Gasteiger partial charge on any atom is 0.158 e. The fourth-order valence-corrected chi connectivity index (χ4v) is 4.23. The molecule has 2 saturated heterocycles. The number of hydrogen-bond donors (Lipinski definition) is 1. The number of nitrogens with one attached hydrogen (secondary N) is 1. The van der Waals surface area contributed by atoms with E-state index in [1.807, 2.05) is 18.3 Å². The molecule has 0 bridgehead atoms. The van der Waals surface area contributed by atoms with Crippen LogP contribution in [0.5, 0.6) is 0 Å². The summed E-state index contributed by atoms with van der Waals surface area (Å²) in [6.45, 7) is 2.86. The van der Waals surface area contributed by atoms with Gasteiger partial charge in [-0.05, 0) is 44.5 Å². The van der Waals surface area contributed by atoms with Crippen LogP contribution in [0.15, 0.2) is 48.8 Å². The summed E-state index contributed by atoms with van der Waals surface area (Å²) in [4.78, 5) is 9.42. The number of aromatic nitrogens is 3. The molecule has 2 fully saturated rings. The van der Waals surface area contributed by atoms with Crippen molar-refractivity contribution in [3.63, 3.8) is 0 Å². The van der Waals surface area contributed by atoms with Gasteiger partial charge in [0, 0.05) is 17.8 Å². The fraction of sp³-hybridized carbons (Fsp3) is 0.400. The molecule has 136 valence electrons. The number of rotatable bonds is 2. The normalized spacial score (nSPS) is 21.8. The molecule has 1 aromatic carbocycles. The van der Waals surface area contributed by atoms with Gasteiger partial charge >= 0.3 is 0 Å². The SMILES string of the molecule is Cl.c1ccc2nc(-c3nccn3C3COC4(CCNCC4)C3)ccc2c1. The lowest BCUT2D eigenvalue weighted by Crippen LogP contribution is -2.41. The lowest BCUT2D eigenvalue weighted by Gasteiger charge is -2.32. The molecule has 0 amide bonds. The van der Waals surface area contributed by atoms with Gasteiger partial charge in [-0.2, -0.15) is 0 Å². The number of halogens is 1. The Morgan fingerprint density at radius 3 is 2.85 bits per heavy atom. The predicted octanol–water partition coefficient (Wildman–Crippen LogP) is 3.60. The minimum absolute atomic E-state index is 0. The molecule has 0 radical (unpaired) electrons. The molecule has 1 unspecified atom stereocenters. The number of benzene rings is 1. The average molecular weight is 371 g/mol. The van der Waals surface area contributed by atoms with Gasteiger partial charge in [0.05, 0.1) is 23.8 Å². The van der Waals surface area contributed by atoms with Crippen LogP contribution in [0.4, 0.5) is 0 Å². The molecule has 26 heavy (non-hydrogen) atoms. The van der Waals surface area contributed by atoms with E-state index in [9.17, 15) is 0 Å². The van der Waals surface area contributed by atoms with Gasteiger partial charge in [-0.3, -0.25) is 0 Å². The van der Waals surface area contributed by atoms with Crippen LogP contribution in [0.2, 0.25) is 0 Å². The van der Waals surface area contributed by atoms with Crippen LogP contribution in [0.25, 0.3) is 22.4 Å². The van der Waals surface area contributed by atoms with Crippen LogP contribution in [0, 0.1) is 0 Å². The van der Waals surface area contributed by atoms with Gasteiger partial charge in [0.1, 0.15) is 5.69 Å². The third kappa shape index (κ3) is 3.00. The van der Waals surface area contributed by atoms with E-state index in [4.69, 9.17) is 9.72 Å². The van der Waals surface area contributed by atoms with E-state index in [1.54, 1.807) is 0 Å². The summed E-state index contributed by atoms with van der Waals surface area (Å²) >= 11 is 0. The quantitative estimate of drug-likeness (QED) is 0.748. The lowest BCUT2D eigenvalue weighted by atomic mass is 9.88. The van der Waals surface area contributed by atoms with E-state index < -0.39 is 0 Å². The van der Waals surface area contributed by atoms with Gasteiger partial charge in [-0.15, -0.1) is 12.4 Å². The molecule has 6 heteroatoms. The largest absolute Gasteiger partial charge is 0.373 e. The summed E-state index contributed by atoms with van der Waals surface area (Å²) < 4.78 is 8.53. The number of nitrogens with zero attached hydrogens (tertiary/aromatic N) is 3. The van der Waals surface area contributed by atoms with E-state index in [2.05, 4.69) is 45.3 Å². The number of fused-ring (bicyclic) bond motifs is 1. The lowest BCUT2D eigenvalue weighted by molar-refractivity contribution is -0.0195. The summed E-state index contributed by atoms with van der Waals surface area (Å²) in [5.41, 5.74) is 1.98. The van der Waals surface area contributed by atoms with E-state index in [-0.39, 0.29) is 18.0 Å². The predicted molar refractivity (Wildman–Crippen MR) is 105 cm³/mol. The van der Waals surface area contributed by atoms with Gasteiger partial charge in [-0.1, -0.05) is 24.3 Å². The van der Waals surface area contributed by atoms with Crippen molar-refractivity contribution in [1.29, 1.82) is 0 Å². The van der Waals surface area contributed by atoms with Crippen LogP contribution >= 0.6 is 12.4 Å². The third-order valence-corrected chi connectivity index (χ3v) is 5.59. The Hall–Kier alpha value is -1.95. The number of para-hydroxylation sites is 1. The Kier molecular flexibility index (Phi) is 4.69. The van der Waals surface area contributed by atoms with E-state index in [1.165, 1.54) is 0 Å². The molecule has 1 spiro atoms. The molecular weight excluding hydrogens is 348 g/mol. The van der Waals surface area contributed by atoms with Crippen LogP contribution in [0.1, 0.15) is 25.3 Å². The maximum absolute atomic E-state index is 6.27. The zero-order valence-corrected chi connectivity index (χ0v) is 15.4. The minimum atomic E-state index is 0. The number of piperidine rings is 1. The standard InChI is InChI=1S/C20H22N4O.ClH/c1-2-4-17-15(3-1)5-6-18(23-17)19-22-11-12-24(19)16-13-20(25-14-16)7-9-21-10-8-20;/h1-6,11-12,16,21H,7-10,13-14H2;1H. The smallest absolute Gasteiger partial charge is 0.158 e. The third-order valence-electron chi connectivity index (χ3n) is 5.59. The summed E-state index contributed by atoms with van der Waals surface area (Å²) in [5.74, 6) is 0.935. The van der Waals surface area contributed by atoms with Crippen LogP contribution in [0.3, 0.4) is 0 Å². The molecule has 5 nitrogen and oxygen atoms in total. The Balaban J connectivity index is 0.00000168. The van der Waals surface area contributed by atoms with Gasteiger partial charge in [0.25, 0.3) is 0 Å².